The first-order chi connectivity index (χ1) is 26.5. The maximum Gasteiger partial charge on any atom is 0.163 e. The Bertz CT molecular complexity index is 2060. The Morgan fingerprint density at radius 2 is 0.481 bits per heavy atom. The van der Waals surface area contributed by atoms with Gasteiger partial charge in [-0.3, -0.25) is 0 Å². The normalized spacial score (nSPS) is 10.8. The van der Waals surface area contributed by atoms with Gasteiger partial charge in [0.25, 0.3) is 0 Å². The zero-order chi connectivity index (χ0) is 37.6. The summed E-state index contributed by atoms with van der Waals surface area (Å²) >= 11 is 0. The second kappa shape index (κ2) is 15.5. The first-order valence-corrected chi connectivity index (χ1v) is 16.3. The summed E-state index contributed by atoms with van der Waals surface area (Å²) in [6.07, 6.45) is 8.58. The lowest BCUT2D eigenvalue weighted by Gasteiger charge is -2.27. The summed E-state index contributed by atoms with van der Waals surface area (Å²) in [5, 5.41) is 0. The van der Waals surface area contributed by atoms with E-state index < -0.39 is 0 Å². The molecule has 15 nitrogen and oxygen atoms in total. The van der Waals surface area contributed by atoms with E-state index in [1.165, 1.54) is 38.0 Å². The Kier molecular flexibility index (Phi) is 10.1. The van der Waals surface area contributed by atoms with Crippen LogP contribution in [0, 0.1) is 0 Å². The van der Waals surface area contributed by atoms with Crippen molar-refractivity contribution in [3.8, 4) is 102 Å². The minimum Gasteiger partial charge on any atom is -0.497 e. The molecule has 0 radical (unpaired) electrons. The van der Waals surface area contributed by atoms with Gasteiger partial charge in [-0.15, -0.1) is 0 Å². The molecule has 0 aliphatic carbocycles. The summed E-state index contributed by atoms with van der Waals surface area (Å²) in [7, 11) is 9.52. The Balaban J connectivity index is 1.86. The lowest BCUT2D eigenvalue weighted by molar-refractivity contribution is 0.394. The number of hydrogen-bond donors (Lipinski definition) is 0. The van der Waals surface area contributed by atoms with E-state index >= 15 is 0 Å². The van der Waals surface area contributed by atoms with E-state index in [0.717, 1.165) is 0 Å². The highest BCUT2D eigenvalue weighted by Crippen LogP contribution is 2.55. The maximum absolute atomic E-state index is 5.80. The van der Waals surface area contributed by atoms with Gasteiger partial charge in [-0.2, -0.15) is 0 Å². The van der Waals surface area contributed by atoms with Crippen molar-refractivity contribution >= 4 is 0 Å². The third-order valence-electron chi connectivity index (χ3n) is 8.57. The van der Waals surface area contributed by atoms with Crippen molar-refractivity contribution in [2.45, 2.75) is 0 Å². The fourth-order valence-electron chi connectivity index (χ4n) is 6.25. The number of benzene rings is 4. The molecule has 7 rings (SSSR count). The van der Waals surface area contributed by atoms with Crippen LogP contribution in [0.2, 0.25) is 0 Å². The second-order valence-electron chi connectivity index (χ2n) is 11.4. The van der Waals surface area contributed by atoms with E-state index in [4.69, 9.17) is 58.3 Å². The molecule has 7 aromatic rings. The first kappa shape index (κ1) is 35.1. The first-order valence-electron chi connectivity index (χ1n) is 16.3. The van der Waals surface area contributed by atoms with Crippen molar-refractivity contribution in [3.63, 3.8) is 0 Å². The molecule has 0 aliphatic rings. The molecule has 4 aromatic carbocycles. The molecule has 0 amide bonds. The molecular formula is C39H33N9O6. The predicted octanol–water partition coefficient (Wildman–Crippen LogP) is 6.30. The van der Waals surface area contributed by atoms with Crippen LogP contribution in [0.5, 0.6) is 34.5 Å². The molecule has 54 heavy (non-hydrogen) atoms. The van der Waals surface area contributed by atoms with E-state index in [2.05, 4.69) is 15.0 Å². The third kappa shape index (κ3) is 6.72. The highest BCUT2D eigenvalue weighted by molar-refractivity contribution is 6.13. The quantitative estimate of drug-likeness (QED) is 0.137. The summed E-state index contributed by atoms with van der Waals surface area (Å²) < 4.78 is 34.8. The fraction of sp³-hybridized carbons (Fsp3) is 0.154. The van der Waals surface area contributed by atoms with Crippen molar-refractivity contribution in [1.82, 2.24) is 44.9 Å². The van der Waals surface area contributed by atoms with Crippen molar-refractivity contribution in [3.05, 3.63) is 92.6 Å². The standard InChI is InChI=1S/C39H33N9O6/c1-49-25-7-22(8-26(13-25)50-2)31-34(37-43-16-40-17-44-37)32(23-9-27(51-3)14-28(10-23)52-4)36(39-47-20-42-21-48-39)33(35(31)38-45-18-41-19-46-38)24-11-29(53-5)15-30(12-24)54-6/h7-21H,1-6H3. The van der Waals surface area contributed by atoms with Crippen molar-refractivity contribution in [2.24, 2.45) is 0 Å². The van der Waals surface area contributed by atoms with Gasteiger partial charge in [-0.25, -0.2) is 44.9 Å². The molecule has 0 atom stereocenters. The fourth-order valence-corrected chi connectivity index (χ4v) is 6.25. The van der Waals surface area contributed by atoms with Gasteiger partial charge in [0.2, 0.25) is 0 Å². The zero-order valence-electron chi connectivity index (χ0n) is 30.1. The zero-order valence-corrected chi connectivity index (χ0v) is 30.1. The van der Waals surface area contributed by atoms with Gasteiger partial charge in [-0.05, 0) is 53.1 Å². The smallest absolute Gasteiger partial charge is 0.163 e. The minimum atomic E-state index is 0.318. The molecule has 270 valence electrons. The SMILES string of the molecule is COc1cc(OC)cc(-c2c(-c3ncncn3)c(-c3cc(OC)cc(OC)c3)c(-c3ncncn3)c(-c3cc(OC)cc(OC)c3)c2-c2ncncn2)c1. The molecule has 3 heterocycles. The summed E-state index contributed by atoms with van der Waals surface area (Å²) in [6.45, 7) is 0. The monoisotopic (exact) mass is 723 g/mol. The van der Waals surface area contributed by atoms with E-state index in [1.54, 1.807) is 60.9 Å². The molecule has 0 fully saturated rings. The minimum absolute atomic E-state index is 0.318. The van der Waals surface area contributed by atoms with E-state index in [0.29, 0.717) is 102 Å². The van der Waals surface area contributed by atoms with Crippen molar-refractivity contribution in [1.29, 1.82) is 0 Å². The number of methoxy groups -OCH3 is 6. The molecule has 0 spiro atoms. The van der Waals surface area contributed by atoms with Gasteiger partial charge in [0, 0.05) is 51.6 Å². The molecule has 0 aliphatic heterocycles. The van der Waals surface area contributed by atoms with Crippen molar-refractivity contribution < 1.29 is 28.4 Å². The molecule has 0 saturated carbocycles. The number of nitrogens with zero attached hydrogens (tertiary/aromatic N) is 9. The molecular weight excluding hydrogens is 690 g/mol. The molecule has 15 heteroatoms. The third-order valence-corrected chi connectivity index (χ3v) is 8.57. The van der Waals surface area contributed by atoms with Crippen LogP contribution < -0.4 is 28.4 Å². The summed E-state index contributed by atoms with van der Waals surface area (Å²) in [6, 6.07) is 16.7. The van der Waals surface area contributed by atoms with Crippen LogP contribution in [0.15, 0.2) is 92.6 Å². The van der Waals surface area contributed by atoms with Crippen LogP contribution in [0.1, 0.15) is 0 Å². The Morgan fingerprint density at radius 1 is 0.278 bits per heavy atom. The van der Waals surface area contributed by atoms with Crippen LogP contribution in [0.25, 0.3) is 67.5 Å². The van der Waals surface area contributed by atoms with Gasteiger partial charge in [-0.1, -0.05) is 0 Å². The maximum atomic E-state index is 5.80. The highest BCUT2D eigenvalue weighted by Gasteiger charge is 2.33. The van der Waals surface area contributed by atoms with Gasteiger partial charge in [0.15, 0.2) is 17.5 Å². The van der Waals surface area contributed by atoms with E-state index in [-0.39, 0.29) is 0 Å². The average Bonchev–Trinajstić information content (AvgIpc) is 3.25. The second-order valence-corrected chi connectivity index (χ2v) is 11.4. The van der Waals surface area contributed by atoms with Crippen LogP contribution >= 0.6 is 0 Å². The van der Waals surface area contributed by atoms with Crippen LogP contribution in [-0.2, 0) is 0 Å². The molecule has 0 bridgehead atoms. The van der Waals surface area contributed by atoms with E-state index in [9.17, 15) is 0 Å². The topological polar surface area (TPSA) is 171 Å². The van der Waals surface area contributed by atoms with Gasteiger partial charge in [0.1, 0.15) is 72.5 Å². The predicted molar refractivity (Wildman–Crippen MR) is 199 cm³/mol. The Labute approximate surface area is 310 Å². The number of ether oxygens (including phenoxy) is 6. The van der Waals surface area contributed by atoms with Gasteiger partial charge in [0.05, 0.1) is 42.7 Å². The van der Waals surface area contributed by atoms with Crippen molar-refractivity contribution in [2.75, 3.05) is 42.7 Å². The molecule has 0 unspecified atom stereocenters. The molecule has 0 saturated heterocycles. The number of rotatable bonds is 12. The largest absolute Gasteiger partial charge is 0.497 e. The van der Waals surface area contributed by atoms with Crippen LogP contribution in [0.3, 0.4) is 0 Å². The Morgan fingerprint density at radius 3 is 0.667 bits per heavy atom. The van der Waals surface area contributed by atoms with Crippen LogP contribution in [-0.4, -0.2) is 87.5 Å². The molecule has 3 aromatic heterocycles. The summed E-state index contributed by atoms with van der Waals surface area (Å²) in [5.41, 5.74) is 5.44. The molecule has 0 N–H and O–H groups in total. The van der Waals surface area contributed by atoms with Gasteiger partial charge < -0.3 is 28.4 Å². The average molecular weight is 724 g/mol. The lowest BCUT2D eigenvalue weighted by Crippen LogP contribution is -2.07. The number of hydrogen-bond acceptors (Lipinski definition) is 15. The lowest BCUT2D eigenvalue weighted by atomic mass is 9.78. The van der Waals surface area contributed by atoms with E-state index in [1.807, 2.05) is 36.4 Å². The summed E-state index contributed by atoms with van der Waals surface area (Å²) in [4.78, 5) is 40.8. The number of aromatic nitrogens is 9. The van der Waals surface area contributed by atoms with Gasteiger partial charge >= 0.3 is 0 Å². The summed E-state index contributed by atoms with van der Waals surface area (Å²) in [5.74, 6) is 4.14. The van der Waals surface area contributed by atoms with Crippen LogP contribution in [0.4, 0.5) is 0 Å². The highest BCUT2D eigenvalue weighted by atomic mass is 16.5. The Hall–Kier alpha value is -7.29.